The third-order valence-electron chi connectivity index (χ3n) is 3.91. The first-order valence-corrected chi connectivity index (χ1v) is 9.57. The Morgan fingerprint density at radius 2 is 1.86 bits per heavy atom. The van der Waals surface area contributed by atoms with Crippen molar-refractivity contribution in [3.8, 4) is 17.0 Å². The zero-order valence-corrected chi connectivity index (χ0v) is 15.3. The Morgan fingerprint density at radius 1 is 1.14 bits per heavy atom. The first-order valence-electron chi connectivity index (χ1n) is 7.69. The fraction of sp³-hybridized carbons (Fsp3) is 0.333. The normalized spacial score (nSPS) is 28.1. The fourth-order valence-electron chi connectivity index (χ4n) is 2.52. The van der Waals surface area contributed by atoms with E-state index < -0.39 is 46.1 Å². The molecule has 1 fully saturated rings. The maximum atomic E-state index is 13.8. The van der Waals surface area contributed by atoms with Gasteiger partial charge in [0, 0.05) is 6.20 Å². The molecule has 4 N–H and O–H groups in total. The summed E-state index contributed by atoms with van der Waals surface area (Å²) in [6, 6.07) is 5.48. The molecule has 0 aliphatic carbocycles. The number of halogens is 2. The van der Waals surface area contributed by atoms with Gasteiger partial charge in [0.2, 0.25) is 17.7 Å². The molecule has 0 spiro atoms. The van der Waals surface area contributed by atoms with Crippen LogP contribution < -0.4 is 4.74 Å². The Bertz CT molecular complexity index is 978. The minimum atomic E-state index is -4.93. The summed E-state index contributed by atoms with van der Waals surface area (Å²) in [6.45, 7) is 0. The van der Waals surface area contributed by atoms with Gasteiger partial charge in [-0.15, -0.1) is 0 Å². The SMILES string of the molecule is O=S(=O)(O)C1O[C@@H](Oc2ccc(-c3cccnc3F)nc2Cl)[C@H](O)[C@@H](O)[C@@H]1O. The number of aliphatic hydroxyl groups is 3. The third kappa shape index (κ3) is 4.07. The van der Waals surface area contributed by atoms with Crippen LogP contribution in [0.3, 0.4) is 0 Å². The van der Waals surface area contributed by atoms with E-state index >= 15 is 0 Å². The molecule has 2 aromatic rings. The van der Waals surface area contributed by atoms with Crippen LogP contribution in [0.15, 0.2) is 30.5 Å². The molecule has 0 amide bonds. The van der Waals surface area contributed by atoms with E-state index in [1.54, 1.807) is 0 Å². The summed E-state index contributed by atoms with van der Waals surface area (Å²) in [6.07, 6.45) is -6.55. The Hall–Kier alpha value is -1.93. The lowest BCUT2D eigenvalue weighted by atomic mass is 10.1. The number of ether oxygens (including phenoxy) is 2. The van der Waals surface area contributed by atoms with Crippen molar-refractivity contribution in [2.75, 3.05) is 0 Å². The molecule has 152 valence electrons. The van der Waals surface area contributed by atoms with Crippen LogP contribution in [0, 0.1) is 5.95 Å². The molecule has 2 aromatic heterocycles. The Kier molecular flexibility index (Phi) is 5.82. The molecule has 10 nitrogen and oxygen atoms in total. The van der Waals surface area contributed by atoms with Crippen molar-refractivity contribution in [2.45, 2.75) is 30.0 Å². The maximum Gasteiger partial charge on any atom is 0.295 e. The predicted molar refractivity (Wildman–Crippen MR) is 91.3 cm³/mol. The highest BCUT2D eigenvalue weighted by Gasteiger charge is 2.50. The molecule has 28 heavy (non-hydrogen) atoms. The molecular formula is C15H14ClFN2O8S. The lowest BCUT2D eigenvalue weighted by Crippen LogP contribution is -2.61. The van der Waals surface area contributed by atoms with Crippen LogP contribution in [0.5, 0.6) is 5.75 Å². The Morgan fingerprint density at radius 3 is 2.46 bits per heavy atom. The molecule has 1 saturated heterocycles. The average molecular weight is 437 g/mol. The number of hydrogen-bond acceptors (Lipinski definition) is 9. The van der Waals surface area contributed by atoms with Crippen LogP contribution in [-0.4, -0.2) is 68.3 Å². The van der Waals surface area contributed by atoms with Gasteiger partial charge in [0.1, 0.15) is 18.3 Å². The quantitative estimate of drug-likeness (QED) is 0.378. The molecule has 1 unspecified atom stereocenters. The van der Waals surface area contributed by atoms with Crippen LogP contribution in [-0.2, 0) is 14.9 Å². The largest absolute Gasteiger partial charge is 0.459 e. The summed E-state index contributed by atoms with van der Waals surface area (Å²) < 4.78 is 55.5. The van der Waals surface area contributed by atoms with E-state index in [-0.39, 0.29) is 22.2 Å². The number of nitrogens with zero attached hydrogens (tertiary/aromatic N) is 2. The zero-order chi connectivity index (χ0) is 20.6. The van der Waals surface area contributed by atoms with Crippen molar-refractivity contribution in [2.24, 2.45) is 0 Å². The van der Waals surface area contributed by atoms with Crippen molar-refractivity contribution >= 4 is 21.7 Å². The summed E-state index contributed by atoms with van der Waals surface area (Å²) in [5.74, 6) is -0.977. The number of rotatable bonds is 4. The zero-order valence-electron chi connectivity index (χ0n) is 13.8. The number of pyridine rings is 2. The minimum Gasteiger partial charge on any atom is -0.459 e. The number of aromatic nitrogens is 2. The monoisotopic (exact) mass is 436 g/mol. The van der Waals surface area contributed by atoms with E-state index in [1.807, 2.05) is 0 Å². The molecule has 0 saturated carbocycles. The topological polar surface area (TPSA) is 159 Å². The Balaban J connectivity index is 1.86. The van der Waals surface area contributed by atoms with Crippen LogP contribution in [0.4, 0.5) is 4.39 Å². The van der Waals surface area contributed by atoms with E-state index in [0.29, 0.717) is 0 Å². The highest BCUT2D eigenvalue weighted by molar-refractivity contribution is 7.86. The van der Waals surface area contributed by atoms with Crippen LogP contribution in [0.1, 0.15) is 0 Å². The first-order chi connectivity index (χ1) is 13.1. The van der Waals surface area contributed by atoms with Gasteiger partial charge in [-0.1, -0.05) is 11.6 Å². The molecule has 3 heterocycles. The van der Waals surface area contributed by atoms with Gasteiger partial charge in [-0.3, -0.25) is 4.55 Å². The molecule has 13 heteroatoms. The second kappa shape index (κ2) is 7.83. The number of aliphatic hydroxyl groups excluding tert-OH is 3. The minimum absolute atomic E-state index is 0.0647. The molecule has 0 bridgehead atoms. The van der Waals surface area contributed by atoms with Gasteiger partial charge in [-0.25, -0.2) is 9.97 Å². The number of hydrogen-bond donors (Lipinski definition) is 4. The highest BCUT2D eigenvalue weighted by Crippen LogP contribution is 2.31. The standard InChI is InChI=1S/C15H14ClFN2O8S/c16-12-8(4-3-7(19-12)6-2-1-5-18-13(6)17)26-14-10(21)9(20)11(22)15(27-14)28(23,24)25/h1-5,9-11,14-15,20-22H,(H,23,24,25)/t9-,10-,11+,14-,15?/m1/s1. The van der Waals surface area contributed by atoms with Crippen molar-refractivity contribution < 1.29 is 42.2 Å². The van der Waals surface area contributed by atoms with E-state index in [4.69, 9.17) is 25.6 Å². The summed E-state index contributed by atoms with van der Waals surface area (Å²) in [5, 5.41) is 29.1. The van der Waals surface area contributed by atoms with Gasteiger partial charge < -0.3 is 24.8 Å². The molecule has 1 aliphatic rings. The summed E-state index contributed by atoms with van der Waals surface area (Å²) >= 11 is 5.99. The highest BCUT2D eigenvalue weighted by atomic mass is 35.5. The van der Waals surface area contributed by atoms with Crippen molar-refractivity contribution in [1.29, 1.82) is 0 Å². The van der Waals surface area contributed by atoms with Gasteiger partial charge in [0.15, 0.2) is 10.9 Å². The molecule has 3 rings (SSSR count). The molecule has 0 radical (unpaired) electrons. The first kappa shape index (κ1) is 20.8. The van der Waals surface area contributed by atoms with Crippen molar-refractivity contribution in [3.63, 3.8) is 0 Å². The van der Waals surface area contributed by atoms with Crippen LogP contribution in [0.25, 0.3) is 11.3 Å². The predicted octanol–water partition coefficient (Wildman–Crippen LogP) is -0.0322. The third-order valence-corrected chi connectivity index (χ3v) is 5.16. The maximum absolute atomic E-state index is 13.8. The molecular weight excluding hydrogens is 423 g/mol. The van der Waals surface area contributed by atoms with Gasteiger partial charge in [-0.05, 0) is 24.3 Å². The van der Waals surface area contributed by atoms with Crippen LogP contribution >= 0.6 is 11.6 Å². The van der Waals surface area contributed by atoms with Gasteiger partial charge in [-0.2, -0.15) is 12.8 Å². The van der Waals surface area contributed by atoms with Crippen molar-refractivity contribution in [1.82, 2.24) is 9.97 Å². The van der Waals surface area contributed by atoms with Gasteiger partial charge >= 0.3 is 0 Å². The summed E-state index contributed by atoms with van der Waals surface area (Å²) in [7, 11) is -4.93. The van der Waals surface area contributed by atoms with Crippen molar-refractivity contribution in [3.05, 3.63) is 41.6 Å². The van der Waals surface area contributed by atoms with Gasteiger partial charge in [0.25, 0.3) is 10.1 Å². The van der Waals surface area contributed by atoms with E-state index in [2.05, 4.69) is 9.97 Å². The molecule has 0 aromatic carbocycles. The lowest BCUT2D eigenvalue weighted by molar-refractivity contribution is -0.254. The van der Waals surface area contributed by atoms with E-state index in [0.717, 1.165) is 0 Å². The smallest absolute Gasteiger partial charge is 0.295 e. The average Bonchev–Trinajstić information content (AvgIpc) is 2.63. The second-order valence-electron chi connectivity index (χ2n) is 5.80. The van der Waals surface area contributed by atoms with E-state index in [1.165, 1.54) is 30.5 Å². The van der Waals surface area contributed by atoms with E-state index in [9.17, 15) is 28.1 Å². The fourth-order valence-corrected chi connectivity index (χ4v) is 3.48. The van der Waals surface area contributed by atoms with Crippen LogP contribution in [0.2, 0.25) is 5.15 Å². The summed E-state index contributed by atoms with van der Waals surface area (Å²) in [4.78, 5) is 7.43. The summed E-state index contributed by atoms with van der Waals surface area (Å²) in [5.41, 5.74) is -2.07. The lowest BCUT2D eigenvalue weighted by Gasteiger charge is -2.38. The second-order valence-corrected chi connectivity index (χ2v) is 7.66. The van der Waals surface area contributed by atoms with Gasteiger partial charge in [0.05, 0.1) is 11.3 Å². The molecule has 1 aliphatic heterocycles. The Labute approximate surface area is 162 Å². The molecule has 5 atom stereocenters.